The Morgan fingerprint density at radius 2 is 2.41 bits per heavy atom. The van der Waals surface area contributed by atoms with E-state index in [2.05, 4.69) is 15.8 Å². The lowest BCUT2D eigenvalue weighted by atomic mass is 9.95. The molecule has 6 heteroatoms. The molecule has 0 radical (unpaired) electrons. The Morgan fingerprint density at radius 3 is 2.94 bits per heavy atom. The van der Waals surface area contributed by atoms with Crippen LogP contribution in [0.1, 0.15) is 11.5 Å². The van der Waals surface area contributed by atoms with Crippen molar-refractivity contribution in [2.24, 2.45) is 11.8 Å². The second-order valence-electron chi connectivity index (χ2n) is 4.89. The van der Waals surface area contributed by atoms with Gasteiger partial charge in [0, 0.05) is 18.0 Å². The lowest BCUT2D eigenvalue weighted by Crippen LogP contribution is -2.37. The molecule has 2 aliphatic rings. The number of hydrogen-bond donors (Lipinski definition) is 3. The molecule has 3 N–H and O–H groups in total. The Balaban J connectivity index is 1.86. The van der Waals surface area contributed by atoms with Crippen LogP contribution in [0.2, 0.25) is 0 Å². The van der Waals surface area contributed by atoms with E-state index in [4.69, 9.17) is 9.63 Å². The third-order valence-corrected chi connectivity index (χ3v) is 4.07. The molecular formula is C11H15N3O3. The average molecular weight is 237 g/mol. The van der Waals surface area contributed by atoms with E-state index in [0.29, 0.717) is 18.4 Å². The molecule has 1 saturated carbocycles. The number of aryl methyl sites for hydroxylation is 1. The van der Waals surface area contributed by atoms with Crippen molar-refractivity contribution >= 4 is 6.09 Å². The Hall–Kier alpha value is -1.56. The van der Waals surface area contributed by atoms with Crippen LogP contribution >= 0.6 is 0 Å². The number of carboxylic acid groups (broad SMARTS) is 1. The first-order valence-corrected chi connectivity index (χ1v) is 5.76. The van der Waals surface area contributed by atoms with Crippen LogP contribution in [0.3, 0.4) is 0 Å². The van der Waals surface area contributed by atoms with Crippen LogP contribution in [0.4, 0.5) is 4.79 Å². The molecule has 1 amide bonds. The molecule has 2 heterocycles. The fraction of sp³-hybridized carbons (Fsp3) is 0.636. The van der Waals surface area contributed by atoms with Crippen LogP contribution in [0.5, 0.6) is 0 Å². The number of amides is 1. The van der Waals surface area contributed by atoms with Gasteiger partial charge in [-0.15, -0.1) is 0 Å². The number of hydrogen-bond acceptors (Lipinski definition) is 4. The van der Waals surface area contributed by atoms with Gasteiger partial charge in [0.25, 0.3) is 0 Å². The van der Waals surface area contributed by atoms with Crippen LogP contribution < -0.4 is 10.6 Å². The first-order chi connectivity index (χ1) is 8.14. The minimum absolute atomic E-state index is 0.151. The highest BCUT2D eigenvalue weighted by molar-refractivity contribution is 5.65. The van der Waals surface area contributed by atoms with E-state index < -0.39 is 6.09 Å². The molecule has 1 aromatic heterocycles. The molecule has 1 unspecified atom stereocenters. The molecule has 1 aromatic rings. The maximum Gasteiger partial charge on any atom is 0.404 e. The molecule has 17 heavy (non-hydrogen) atoms. The molecule has 6 nitrogen and oxygen atoms in total. The van der Waals surface area contributed by atoms with Gasteiger partial charge in [-0.2, -0.15) is 0 Å². The molecule has 1 saturated heterocycles. The molecule has 0 spiro atoms. The predicted molar refractivity (Wildman–Crippen MR) is 58.8 cm³/mol. The smallest absolute Gasteiger partial charge is 0.404 e. The Morgan fingerprint density at radius 1 is 1.71 bits per heavy atom. The van der Waals surface area contributed by atoms with Gasteiger partial charge in [0.15, 0.2) is 0 Å². The molecule has 1 aliphatic heterocycles. The van der Waals surface area contributed by atoms with E-state index in [1.165, 1.54) is 0 Å². The molecule has 0 bridgehead atoms. The molecule has 2 fully saturated rings. The SMILES string of the molecule is Cc1cc(C2(CNC(=O)O)[C@@H]3CNC[C@@H]32)no1. The Bertz CT molecular complexity index is 447. The summed E-state index contributed by atoms with van der Waals surface area (Å²) >= 11 is 0. The molecule has 0 aromatic carbocycles. The summed E-state index contributed by atoms with van der Waals surface area (Å²) in [7, 11) is 0. The first-order valence-electron chi connectivity index (χ1n) is 5.76. The second-order valence-corrected chi connectivity index (χ2v) is 4.89. The summed E-state index contributed by atoms with van der Waals surface area (Å²) in [6, 6.07) is 1.92. The third kappa shape index (κ3) is 1.44. The van der Waals surface area contributed by atoms with E-state index in [1.54, 1.807) is 0 Å². The zero-order chi connectivity index (χ0) is 12.0. The molecular weight excluding hydrogens is 222 g/mol. The number of rotatable bonds is 3. The highest BCUT2D eigenvalue weighted by Gasteiger charge is 2.68. The summed E-state index contributed by atoms with van der Waals surface area (Å²) in [6.07, 6.45) is -0.984. The zero-order valence-corrected chi connectivity index (χ0v) is 9.56. The second kappa shape index (κ2) is 3.46. The van der Waals surface area contributed by atoms with Gasteiger partial charge in [0.2, 0.25) is 0 Å². The minimum Gasteiger partial charge on any atom is -0.465 e. The Kier molecular flexibility index (Phi) is 2.16. The van der Waals surface area contributed by atoms with Crippen LogP contribution in [-0.2, 0) is 5.41 Å². The monoisotopic (exact) mass is 237 g/mol. The summed E-state index contributed by atoms with van der Waals surface area (Å²) in [5.74, 6) is 1.71. The van der Waals surface area contributed by atoms with Crippen molar-refractivity contribution in [3.05, 3.63) is 17.5 Å². The highest BCUT2D eigenvalue weighted by atomic mass is 16.5. The van der Waals surface area contributed by atoms with Crippen molar-refractivity contribution in [1.82, 2.24) is 15.8 Å². The van der Waals surface area contributed by atoms with Gasteiger partial charge < -0.3 is 20.3 Å². The third-order valence-electron chi connectivity index (χ3n) is 4.07. The van der Waals surface area contributed by atoms with Crippen molar-refractivity contribution in [3.63, 3.8) is 0 Å². The van der Waals surface area contributed by atoms with Gasteiger partial charge in [-0.05, 0) is 31.8 Å². The van der Waals surface area contributed by atoms with E-state index in [1.807, 2.05) is 13.0 Å². The van der Waals surface area contributed by atoms with E-state index in [-0.39, 0.29) is 5.41 Å². The molecule has 1 aliphatic carbocycles. The summed E-state index contributed by atoms with van der Waals surface area (Å²) in [4.78, 5) is 10.7. The maximum absolute atomic E-state index is 10.7. The number of nitrogens with zero attached hydrogens (tertiary/aromatic N) is 1. The minimum atomic E-state index is -0.984. The van der Waals surface area contributed by atoms with Crippen LogP contribution in [-0.4, -0.2) is 36.0 Å². The fourth-order valence-electron chi connectivity index (χ4n) is 3.19. The first kappa shape index (κ1) is 10.6. The standard InChI is InChI=1S/C11H15N3O3/c1-6-2-9(14-17-6)11(5-13-10(15)16)7-3-12-4-8(7)11/h2,7-8,12-13H,3-5H2,1H3,(H,15,16)/t7-,8+,11?. The van der Waals surface area contributed by atoms with Crippen molar-refractivity contribution in [2.45, 2.75) is 12.3 Å². The fourth-order valence-corrected chi connectivity index (χ4v) is 3.19. The van der Waals surface area contributed by atoms with E-state index in [0.717, 1.165) is 24.5 Å². The van der Waals surface area contributed by atoms with E-state index in [9.17, 15) is 4.79 Å². The summed E-state index contributed by atoms with van der Waals surface area (Å²) in [5.41, 5.74) is 0.738. The number of aromatic nitrogens is 1. The van der Waals surface area contributed by atoms with E-state index >= 15 is 0 Å². The maximum atomic E-state index is 10.7. The zero-order valence-electron chi connectivity index (χ0n) is 9.56. The van der Waals surface area contributed by atoms with Crippen molar-refractivity contribution in [2.75, 3.05) is 19.6 Å². The average Bonchev–Trinajstić information content (AvgIpc) is 2.73. The highest BCUT2D eigenvalue weighted by Crippen LogP contribution is 2.60. The lowest BCUT2D eigenvalue weighted by molar-refractivity contribution is 0.192. The van der Waals surface area contributed by atoms with Gasteiger partial charge in [0.05, 0.1) is 5.69 Å². The summed E-state index contributed by atoms with van der Waals surface area (Å²) in [5, 5.41) is 18.6. The Labute approximate surface area is 98.4 Å². The molecule has 3 atom stereocenters. The predicted octanol–water partition coefficient (Wildman–Crippen LogP) is 0.338. The summed E-state index contributed by atoms with van der Waals surface area (Å²) in [6.45, 7) is 4.13. The molecule has 3 rings (SSSR count). The van der Waals surface area contributed by atoms with Crippen molar-refractivity contribution in [3.8, 4) is 0 Å². The number of fused-ring (bicyclic) bond motifs is 1. The van der Waals surface area contributed by atoms with Crippen molar-refractivity contribution in [1.29, 1.82) is 0 Å². The van der Waals surface area contributed by atoms with Gasteiger partial charge in [-0.1, -0.05) is 5.16 Å². The number of carbonyl (C=O) groups is 1. The topological polar surface area (TPSA) is 87.4 Å². The van der Waals surface area contributed by atoms with Gasteiger partial charge in [-0.3, -0.25) is 0 Å². The van der Waals surface area contributed by atoms with Crippen LogP contribution in [0, 0.1) is 18.8 Å². The molecule has 92 valence electrons. The largest absolute Gasteiger partial charge is 0.465 e. The quantitative estimate of drug-likeness (QED) is 0.705. The van der Waals surface area contributed by atoms with Gasteiger partial charge in [0.1, 0.15) is 5.76 Å². The number of piperidine rings is 1. The number of nitrogens with one attached hydrogen (secondary N) is 2. The normalized spacial score (nSPS) is 34.4. The van der Waals surface area contributed by atoms with Gasteiger partial charge in [-0.25, -0.2) is 4.79 Å². The van der Waals surface area contributed by atoms with Gasteiger partial charge >= 0.3 is 6.09 Å². The van der Waals surface area contributed by atoms with Crippen molar-refractivity contribution < 1.29 is 14.4 Å². The summed E-state index contributed by atoms with van der Waals surface area (Å²) < 4.78 is 5.12. The van der Waals surface area contributed by atoms with Crippen LogP contribution in [0.15, 0.2) is 10.6 Å². The van der Waals surface area contributed by atoms with Crippen LogP contribution in [0.25, 0.3) is 0 Å². The lowest BCUT2D eigenvalue weighted by Gasteiger charge is -2.18.